The maximum absolute atomic E-state index is 5.68. The van der Waals surface area contributed by atoms with Gasteiger partial charge >= 0.3 is 0 Å². The van der Waals surface area contributed by atoms with Gasteiger partial charge in [-0.1, -0.05) is 0 Å². The summed E-state index contributed by atoms with van der Waals surface area (Å²) in [5.74, 6) is 5.68. The van der Waals surface area contributed by atoms with Crippen molar-refractivity contribution in [3.8, 4) is 0 Å². The molecule has 1 aliphatic carbocycles. The second-order valence-corrected chi connectivity index (χ2v) is 4.74. The van der Waals surface area contributed by atoms with Crippen LogP contribution < -0.4 is 11.3 Å². The molecule has 1 atom stereocenters. The van der Waals surface area contributed by atoms with E-state index in [0.29, 0.717) is 0 Å². The van der Waals surface area contributed by atoms with E-state index < -0.39 is 0 Å². The number of hydrogen-bond donors (Lipinski definition) is 2. The maximum Gasteiger partial charge on any atom is 0.0698 e. The van der Waals surface area contributed by atoms with E-state index >= 15 is 0 Å². The monoisotopic (exact) mass is 238 g/mol. The molecule has 1 aromatic heterocycles. The topological polar surface area (TPSA) is 65.1 Å². The van der Waals surface area contributed by atoms with Crippen molar-refractivity contribution in [2.45, 2.75) is 50.8 Å². The normalized spacial score (nSPS) is 19.9. The van der Waals surface area contributed by atoms with E-state index in [-0.39, 0.29) is 11.6 Å². The van der Waals surface area contributed by atoms with E-state index in [1.54, 1.807) is 7.11 Å². The van der Waals surface area contributed by atoms with Crippen molar-refractivity contribution in [3.63, 3.8) is 0 Å². The first-order valence-corrected chi connectivity index (χ1v) is 6.27. The third kappa shape index (κ3) is 2.36. The Balaban J connectivity index is 2.11. The summed E-state index contributed by atoms with van der Waals surface area (Å²) in [6.45, 7) is 2.94. The Morgan fingerprint density at radius 1 is 1.65 bits per heavy atom. The SMILES string of the molecule is CCn1nccc1C(CC1(OC)CCC1)NN. The number of aromatic nitrogens is 2. The quantitative estimate of drug-likeness (QED) is 0.580. The van der Waals surface area contributed by atoms with E-state index in [1.807, 2.05) is 16.9 Å². The lowest BCUT2D eigenvalue weighted by molar-refractivity contribution is -0.0843. The van der Waals surface area contributed by atoms with Gasteiger partial charge in [-0.3, -0.25) is 16.0 Å². The number of nitrogens with two attached hydrogens (primary N) is 1. The molecule has 0 aliphatic heterocycles. The molecule has 17 heavy (non-hydrogen) atoms. The van der Waals surface area contributed by atoms with Gasteiger partial charge in [-0.25, -0.2) is 0 Å². The second kappa shape index (κ2) is 5.16. The Labute approximate surface area is 102 Å². The van der Waals surface area contributed by atoms with Crippen molar-refractivity contribution in [2.75, 3.05) is 7.11 Å². The third-order valence-electron chi connectivity index (χ3n) is 3.88. The Bertz CT molecular complexity index is 354. The van der Waals surface area contributed by atoms with Crippen LogP contribution in [0.3, 0.4) is 0 Å². The molecule has 5 heteroatoms. The lowest BCUT2D eigenvalue weighted by Crippen LogP contribution is -2.44. The van der Waals surface area contributed by atoms with Crippen molar-refractivity contribution in [1.29, 1.82) is 0 Å². The Morgan fingerprint density at radius 2 is 2.41 bits per heavy atom. The number of hydrazine groups is 1. The highest BCUT2D eigenvalue weighted by Crippen LogP contribution is 2.41. The Morgan fingerprint density at radius 3 is 2.88 bits per heavy atom. The Hall–Kier alpha value is -0.910. The molecule has 0 aromatic carbocycles. The van der Waals surface area contributed by atoms with Crippen LogP contribution in [-0.2, 0) is 11.3 Å². The van der Waals surface area contributed by atoms with Crippen molar-refractivity contribution < 1.29 is 4.74 Å². The first-order valence-electron chi connectivity index (χ1n) is 6.27. The van der Waals surface area contributed by atoms with Gasteiger partial charge in [0.1, 0.15) is 0 Å². The van der Waals surface area contributed by atoms with Gasteiger partial charge in [-0.05, 0) is 38.7 Å². The molecule has 2 rings (SSSR count). The smallest absolute Gasteiger partial charge is 0.0698 e. The molecule has 0 amide bonds. The molecule has 1 heterocycles. The van der Waals surface area contributed by atoms with Crippen LogP contribution in [0.25, 0.3) is 0 Å². The van der Waals surface area contributed by atoms with Crippen LogP contribution in [0.5, 0.6) is 0 Å². The molecule has 0 radical (unpaired) electrons. The number of nitrogens with zero attached hydrogens (tertiary/aromatic N) is 2. The molecule has 0 spiro atoms. The fourth-order valence-corrected chi connectivity index (χ4v) is 2.59. The standard InChI is InChI=1S/C12H22N4O/c1-3-16-11(5-8-14-16)10(15-13)9-12(17-2)6-4-7-12/h5,8,10,15H,3-4,6-7,9,13H2,1-2H3. The van der Waals surface area contributed by atoms with Crippen LogP contribution in [0.4, 0.5) is 0 Å². The fraction of sp³-hybridized carbons (Fsp3) is 0.750. The van der Waals surface area contributed by atoms with Gasteiger partial charge in [0.05, 0.1) is 17.3 Å². The highest BCUT2D eigenvalue weighted by atomic mass is 16.5. The summed E-state index contributed by atoms with van der Waals surface area (Å²) < 4.78 is 7.63. The number of ether oxygens (including phenoxy) is 1. The van der Waals surface area contributed by atoms with Crippen LogP contribution >= 0.6 is 0 Å². The summed E-state index contributed by atoms with van der Waals surface area (Å²) in [6, 6.07) is 2.13. The molecule has 3 N–H and O–H groups in total. The number of aryl methyl sites for hydroxylation is 1. The molecule has 1 aromatic rings. The third-order valence-corrected chi connectivity index (χ3v) is 3.88. The molecule has 1 saturated carbocycles. The Kier molecular flexibility index (Phi) is 3.81. The largest absolute Gasteiger partial charge is 0.378 e. The second-order valence-electron chi connectivity index (χ2n) is 4.74. The van der Waals surface area contributed by atoms with Crippen molar-refractivity contribution in [3.05, 3.63) is 18.0 Å². The van der Waals surface area contributed by atoms with Crippen LogP contribution in [0, 0.1) is 0 Å². The molecule has 1 aliphatic rings. The number of nitrogens with one attached hydrogen (secondary N) is 1. The lowest BCUT2D eigenvalue weighted by atomic mass is 9.75. The van der Waals surface area contributed by atoms with E-state index in [0.717, 1.165) is 31.5 Å². The zero-order valence-electron chi connectivity index (χ0n) is 10.6. The van der Waals surface area contributed by atoms with Crippen LogP contribution in [0.15, 0.2) is 12.3 Å². The molecule has 1 fully saturated rings. The molecule has 0 bridgehead atoms. The molecular weight excluding hydrogens is 216 g/mol. The first-order chi connectivity index (χ1) is 8.24. The van der Waals surface area contributed by atoms with E-state index in [2.05, 4.69) is 17.4 Å². The summed E-state index contributed by atoms with van der Waals surface area (Å²) >= 11 is 0. The highest BCUT2D eigenvalue weighted by Gasteiger charge is 2.39. The summed E-state index contributed by atoms with van der Waals surface area (Å²) in [7, 11) is 1.80. The maximum atomic E-state index is 5.68. The van der Waals surface area contributed by atoms with Gasteiger partial charge in [0, 0.05) is 19.9 Å². The zero-order valence-corrected chi connectivity index (χ0v) is 10.6. The summed E-state index contributed by atoms with van der Waals surface area (Å²) in [4.78, 5) is 0. The number of hydrogen-bond acceptors (Lipinski definition) is 4. The molecule has 1 unspecified atom stereocenters. The van der Waals surface area contributed by atoms with Crippen molar-refractivity contribution in [1.82, 2.24) is 15.2 Å². The van der Waals surface area contributed by atoms with Gasteiger partial charge < -0.3 is 4.74 Å². The number of rotatable bonds is 6. The van der Waals surface area contributed by atoms with Crippen LogP contribution in [-0.4, -0.2) is 22.5 Å². The van der Waals surface area contributed by atoms with Gasteiger partial charge in [0.2, 0.25) is 0 Å². The van der Waals surface area contributed by atoms with Gasteiger partial charge in [0.15, 0.2) is 0 Å². The predicted octanol–water partition coefficient (Wildman–Crippen LogP) is 1.37. The average Bonchev–Trinajstić information content (AvgIpc) is 2.77. The lowest BCUT2D eigenvalue weighted by Gasteiger charge is -2.42. The van der Waals surface area contributed by atoms with Gasteiger partial charge in [-0.15, -0.1) is 0 Å². The average molecular weight is 238 g/mol. The molecular formula is C12H22N4O. The molecule has 96 valence electrons. The van der Waals surface area contributed by atoms with Gasteiger partial charge in [0.25, 0.3) is 0 Å². The molecule has 0 saturated heterocycles. The van der Waals surface area contributed by atoms with Crippen LogP contribution in [0.1, 0.15) is 44.3 Å². The highest BCUT2D eigenvalue weighted by molar-refractivity contribution is 5.09. The van der Waals surface area contributed by atoms with E-state index in [1.165, 1.54) is 6.42 Å². The van der Waals surface area contributed by atoms with E-state index in [9.17, 15) is 0 Å². The number of methoxy groups -OCH3 is 1. The van der Waals surface area contributed by atoms with Crippen molar-refractivity contribution in [2.24, 2.45) is 5.84 Å². The fourth-order valence-electron chi connectivity index (χ4n) is 2.59. The summed E-state index contributed by atoms with van der Waals surface area (Å²) in [6.07, 6.45) is 6.23. The zero-order chi connectivity index (χ0) is 12.3. The predicted molar refractivity (Wildman–Crippen MR) is 66.2 cm³/mol. The minimum absolute atomic E-state index is 0.0138. The van der Waals surface area contributed by atoms with Crippen molar-refractivity contribution >= 4 is 0 Å². The minimum Gasteiger partial charge on any atom is -0.378 e. The van der Waals surface area contributed by atoms with Crippen LogP contribution in [0.2, 0.25) is 0 Å². The molecule has 5 nitrogen and oxygen atoms in total. The first kappa shape index (κ1) is 12.5. The summed E-state index contributed by atoms with van der Waals surface area (Å²) in [5.41, 5.74) is 4.05. The minimum atomic E-state index is 0.0138. The van der Waals surface area contributed by atoms with Gasteiger partial charge in [-0.2, -0.15) is 5.10 Å². The van der Waals surface area contributed by atoms with E-state index in [4.69, 9.17) is 10.6 Å². The summed E-state index contributed by atoms with van der Waals surface area (Å²) in [5, 5.41) is 4.28.